The lowest BCUT2D eigenvalue weighted by Crippen LogP contribution is -1.84. The minimum atomic E-state index is 0.551. The van der Waals surface area contributed by atoms with Gasteiger partial charge in [0.2, 0.25) is 5.82 Å². The summed E-state index contributed by atoms with van der Waals surface area (Å²) in [6.07, 6.45) is 1.96. The highest BCUT2D eigenvalue weighted by molar-refractivity contribution is 7.20. The molecular formula is C16H11N7S2. The Morgan fingerprint density at radius 1 is 1.16 bits per heavy atom. The van der Waals surface area contributed by atoms with Crippen molar-refractivity contribution in [1.29, 1.82) is 0 Å². The zero-order valence-corrected chi connectivity index (χ0v) is 14.7. The number of benzene rings is 1. The van der Waals surface area contributed by atoms with Crippen LogP contribution in [0.4, 0.5) is 0 Å². The second-order valence-electron chi connectivity index (χ2n) is 5.41. The third-order valence-corrected chi connectivity index (χ3v) is 5.80. The maximum atomic E-state index is 4.92. The van der Waals surface area contributed by atoms with Gasteiger partial charge in [0.05, 0.1) is 17.0 Å². The monoisotopic (exact) mass is 365 g/mol. The van der Waals surface area contributed by atoms with E-state index in [9.17, 15) is 0 Å². The smallest absolute Gasteiger partial charge is 0.216 e. The molecule has 122 valence electrons. The molecule has 0 aliphatic rings. The largest absolute Gasteiger partial charge is 0.235 e. The van der Waals surface area contributed by atoms with E-state index in [0.717, 1.165) is 37.2 Å². The van der Waals surface area contributed by atoms with Gasteiger partial charge in [0.15, 0.2) is 0 Å². The summed E-state index contributed by atoms with van der Waals surface area (Å²) in [5.41, 5.74) is 3.90. The molecule has 5 aromatic rings. The summed E-state index contributed by atoms with van der Waals surface area (Å²) in [7, 11) is 0. The summed E-state index contributed by atoms with van der Waals surface area (Å²) < 4.78 is 1.90. The number of thiazole rings is 2. The minimum absolute atomic E-state index is 0.551. The summed E-state index contributed by atoms with van der Waals surface area (Å²) >= 11 is 3.21. The zero-order valence-electron chi connectivity index (χ0n) is 13.0. The molecule has 0 saturated heterocycles. The molecule has 0 unspecified atom stereocenters. The van der Waals surface area contributed by atoms with E-state index in [1.54, 1.807) is 22.7 Å². The fourth-order valence-electron chi connectivity index (χ4n) is 2.77. The highest BCUT2D eigenvalue weighted by Crippen LogP contribution is 2.41. The van der Waals surface area contributed by atoms with Gasteiger partial charge in [0, 0.05) is 17.1 Å². The fraction of sp³-hybridized carbons (Fsp3) is 0.0625. The molecule has 0 saturated carbocycles. The Balaban J connectivity index is 1.77. The van der Waals surface area contributed by atoms with Crippen molar-refractivity contribution >= 4 is 27.5 Å². The van der Waals surface area contributed by atoms with Crippen LogP contribution in [-0.2, 0) is 0 Å². The van der Waals surface area contributed by atoms with Gasteiger partial charge in [-0.25, -0.2) is 9.50 Å². The fourth-order valence-corrected chi connectivity index (χ4v) is 4.82. The molecule has 4 aromatic heterocycles. The number of hydrogen-bond acceptors (Lipinski definition) is 7. The van der Waals surface area contributed by atoms with Gasteiger partial charge in [-0.1, -0.05) is 30.3 Å². The lowest BCUT2D eigenvalue weighted by molar-refractivity contribution is 0.881. The molecular weight excluding hydrogens is 354 g/mol. The topological polar surface area (TPSA) is 84.6 Å². The number of nitrogens with zero attached hydrogens (tertiary/aromatic N) is 6. The first-order valence-electron chi connectivity index (χ1n) is 7.54. The molecule has 0 aliphatic heterocycles. The van der Waals surface area contributed by atoms with Gasteiger partial charge < -0.3 is 0 Å². The van der Waals surface area contributed by atoms with E-state index in [1.807, 2.05) is 53.3 Å². The predicted octanol–water partition coefficient (Wildman–Crippen LogP) is 3.67. The maximum Gasteiger partial charge on any atom is 0.216 e. The van der Waals surface area contributed by atoms with E-state index in [-0.39, 0.29) is 0 Å². The molecule has 7 nitrogen and oxygen atoms in total. The van der Waals surface area contributed by atoms with Gasteiger partial charge >= 0.3 is 0 Å². The highest BCUT2D eigenvalue weighted by atomic mass is 32.1. The Labute approximate surface area is 150 Å². The Morgan fingerprint density at radius 2 is 2.04 bits per heavy atom. The van der Waals surface area contributed by atoms with Crippen LogP contribution in [0, 0.1) is 6.92 Å². The molecule has 0 radical (unpaired) electrons. The van der Waals surface area contributed by atoms with Crippen LogP contribution in [0.5, 0.6) is 0 Å². The van der Waals surface area contributed by atoms with Gasteiger partial charge in [-0.3, -0.25) is 0 Å². The van der Waals surface area contributed by atoms with E-state index in [1.165, 1.54) is 0 Å². The quantitative estimate of drug-likeness (QED) is 0.527. The van der Waals surface area contributed by atoms with E-state index in [2.05, 4.69) is 25.7 Å². The molecule has 0 atom stereocenters. The van der Waals surface area contributed by atoms with Gasteiger partial charge in [0.1, 0.15) is 14.7 Å². The van der Waals surface area contributed by atoms with E-state index < -0.39 is 0 Å². The van der Waals surface area contributed by atoms with Crippen molar-refractivity contribution < 1.29 is 0 Å². The van der Waals surface area contributed by atoms with Crippen molar-refractivity contribution in [3.05, 3.63) is 47.6 Å². The molecule has 25 heavy (non-hydrogen) atoms. The molecule has 1 aromatic carbocycles. The molecule has 4 heterocycles. The number of aromatic amines is 1. The number of aromatic nitrogens is 7. The average Bonchev–Trinajstić information content (AvgIpc) is 3.39. The normalized spacial score (nSPS) is 11.4. The third kappa shape index (κ3) is 2.28. The van der Waals surface area contributed by atoms with Crippen LogP contribution < -0.4 is 0 Å². The van der Waals surface area contributed by atoms with Crippen LogP contribution in [0.15, 0.2) is 41.9 Å². The van der Waals surface area contributed by atoms with E-state index in [0.29, 0.717) is 5.82 Å². The van der Waals surface area contributed by atoms with Crippen molar-refractivity contribution in [3.8, 4) is 32.5 Å². The van der Waals surface area contributed by atoms with Crippen LogP contribution >= 0.6 is 22.7 Å². The predicted molar refractivity (Wildman–Crippen MR) is 97.5 cm³/mol. The molecule has 0 aliphatic carbocycles. The second-order valence-corrected chi connectivity index (χ2v) is 7.30. The number of nitrogens with one attached hydrogen (secondary N) is 1. The van der Waals surface area contributed by atoms with Gasteiger partial charge in [-0.05, 0) is 12.1 Å². The molecule has 0 fully saturated rings. The molecule has 0 amide bonds. The first kappa shape index (κ1) is 14.4. The van der Waals surface area contributed by atoms with Crippen molar-refractivity contribution in [1.82, 2.24) is 35.2 Å². The zero-order chi connectivity index (χ0) is 16.8. The number of hydrogen-bond donors (Lipinski definition) is 1. The number of fused-ring (bicyclic) bond motifs is 1. The van der Waals surface area contributed by atoms with Gasteiger partial charge in [0.25, 0.3) is 0 Å². The van der Waals surface area contributed by atoms with Crippen LogP contribution in [0.2, 0.25) is 0 Å². The summed E-state index contributed by atoms with van der Waals surface area (Å²) in [6, 6.07) is 10.1. The molecule has 0 bridgehead atoms. The van der Waals surface area contributed by atoms with Crippen LogP contribution in [0.25, 0.3) is 37.4 Å². The van der Waals surface area contributed by atoms with Crippen molar-refractivity contribution in [2.75, 3.05) is 0 Å². The standard InChI is InChI=1S/C16H11N7S2/c1-9-11(16-23(20-9)7-8-24-16)15-17-12(10-5-3-2-4-6-10)13(25-15)14-18-21-22-19-14/h2-8H,1H3,(H,18,19,21,22). The Kier molecular flexibility index (Phi) is 3.22. The van der Waals surface area contributed by atoms with Crippen LogP contribution in [-0.4, -0.2) is 35.2 Å². The number of aryl methyl sites for hydroxylation is 1. The number of tetrazole rings is 1. The first-order valence-corrected chi connectivity index (χ1v) is 9.24. The summed E-state index contributed by atoms with van der Waals surface area (Å²) in [5.74, 6) is 0.551. The second kappa shape index (κ2) is 5.57. The van der Waals surface area contributed by atoms with Gasteiger partial charge in [-0.2, -0.15) is 10.3 Å². The SMILES string of the molecule is Cc1nn2ccsc2c1-c1nc(-c2ccccc2)c(-c2nn[nH]n2)s1. The summed E-state index contributed by atoms with van der Waals surface area (Å²) in [5, 5.41) is 22.0. The number of H-pyrrole nitrogens is 1. The molecule has 1 N–H and O–H groups in total. The van der Waals surface area contributed by atoms with E-state index >= 15 is 0 Å². The summed E-state index contributed by atoms with van der Waals surface area (Å²) in [4.78, 5) is 6.90. The molecule has 0 spiro atoms. The lowest BCUT2D eigenvalue weighted by Gasteiger charge is -1.98. The Morgan fingerprint density at radius 3 is 2.84 bits per heavy atom. The van der Waals surface area contributed by atoms with Crippen molar-refractivity contribution in [2.24, 2.45) is 0 Å². The molecule has 9 heteroatoms. The number of rotatable bonds is 3. The van der Waals surface area contributed by atoms with E-state index in [4.69, 9.17) is 4.98 Å². The first-order chi connectivity index (χ1) is 12.3. The minimum Gasteiger partial charge on any atom is -0.235 e. The average molecular weight is 365 g/mol. The van der Waals surface area contributed by atoms with Crippen molar-refractivity contribution in [2.45, 2.75) is 6.92 Å². The highest BCUT2D eigenvalue weighted by Gasteiger charge is 2.22. The lowest BCUT2D eigenvalue weighted by atomic mass is 10.1. The van der Waals surface area contributed by atoms with Crippen LogP contribution in [0.1, 0.15) is 5.69 Å². The Hall–Kier alpha value is -2.91. The van der Waals surface area contributed by atoms with Crippen molar-refractivity contribution in [3.63, 3.8) is 0 Å². The molecule has 5 rings (SSSR count). The van der Waals surface area contributed by atoms with Crippen LogP contribution in [0.3, 0.4) is 0 Å². The Bertz CT molecular complexity index is 1150. The summed E-state index contributed by atoms with van der Waals surface area (Å²) in [6.45, 7) is 2.01. The van der Waals surface area contributed by atoms with Gasteiger partial charge in [-0.15, -0.1) is 32.9 Å². The maximum absolute atomic E-state index is 4.92. The third-order valence-electron chi connectivity index (χ3n) is 3.86.